The third kappa shape index (κ3) is 2.31. The van der Waals surface area contributed by atoms with Crippen molar-refractivity contribution in [2.45, 2.75) is 25.9 Å². The summed E-state index contributed by atoms with van der Waals surface area (Å²) in [7, 11) is 1.38. The molecule has 3 rings (SSSR count). The lowest BCUT2D eigenvalue weighted by molar-refractivity contribution is 0.101. The molecule has 0 aliphatic carbocycles. The molecule has 3 N–H and O–H groups in total. The first-order valence-electron chi connectivity index (χ1n) is 7.48. The minimum atomic E-state index is -0.535. The van der Waals surface area contributed by atoms with Crippen molar-refractivity contribution >= 4 is 5.78 Å². The van der Waals surface area contributed by atoms with E-state index in [1.807, 2.05) is 6.92 Å². The van der Waals surface area contributed by atoms with Crippen LogP contribution >= 0.6 is 0 Å². The molecule has 24 heavy (non-hydrogen) atoms. The zero-order chi connectivity index (χ0) is 17.6. The molecule has 0 fully saturated rings. The Bertz CT molecular complexity index is 827. The average molecular weight is 330 g/mol. The lowest BCUT2D eigenvalue weighted by Gasteiger charge is -2.18. The van der Waals surface area contributed by atoms with Gasteiger partial charge in [0, 0.05) is 22.6 Å². The van der Waals surface area contributed by atoms with Crippen LogP contribution in [0.5, 0.6) is 28.7 Å². The van der Waals surface area contributed by atoms with Gasteiger partial charge in [-0.3, -0.25) is 4.79 Å². The summed E-state index contributed by atoms with van der Waals surface area (Å²) in [6, 6.07) is 5.95. The molecular weight excluding hydrogens is 312 g/mol. The number of benzene rings is 2. The highest BCUT2D eigenvalue weighted by atomic mass is 16.5. The predicted octanol–water partition coefficient (Wildman–Crippen LogP) is 3.25. The molecule has 0 unspecified atom stereocenters. The average Bonchev–Trinajstić information content (AvgIpc) is 2.89. The molecule has 0 amide bonds. The zero-order valence-corrected chi connectivity index (χ0v) is 13.5. The minimum absolute atomic E-state index is 0.0423. The first kappa shape index (κ1) is 16.0. The number of phenolic OH excluding ortho intramolecular Hbond substituents is 3. The number of carbonyl (C=O) groups is 1. The van der Waals surface area contributed by atoms with E-state index in [0.29, 0.717) is 16.7 Å². The molecule has 0 saturated heterocycles. The number of ketones is 1. The molecule has 1 aliphatic rings. The SMILES string of the molecule is COc1cc([C@@H]2Oc3c(O)ccc(C(C)=O)c3[C@H]2C)cc(O)c1O. The fourth-order valence-corrected chi connectivity index (χ4v) is 3.14. The third-order valence-electron chi connectivity index (χ3n) is 4.33. The van der Waals surface area contributed by atoms with Gasteiger partial charge < -0.3 is 24.8 Å². The molecule has 1 aliphatic heterocycles. The summed E-state index contributed by atoms with van der Waals surface area (Å²) in [4.78, 5) is 11.9. The molecule has 2 aromatic carbocycles. The molecule has 0 radical (unpaired) electrons. The monoisotopic (exact) mass is 330 g/mol. The smallest absolute Gasteiger partial charge is 0.200 e. The molecule has 0 saturated carbocycles. The lowest BCUT2D eigenvalue weighted by atomic mass is 9.88. The summed E-state index contributed by atoms with van der Waals surface area (Å²) < 4.78 is 10.9. The van der Waals surface area contributed by atoms with Gasteiger partial charge in [-0.05, 0) is 31.2 Å². The molecule has 2 atom stereocenters. The number of aromatic hydroxyl groups is 3. The van der Waals surface area contributed by atoms with E-state index in [1.165, 1.54) is 26.2 Å². The third-order valence-corrected chi connectivity index (χ3v) is 4.33. The van der Waals surface area contributed by atoms with E-state index in [-0.39, 0.29) is 40.4 Å². The van der Waals surface area contributed by atoms with Gasteiger partial charge in [0.05, 0.1) is 7.11 Å². The normalized spacial score (nSPS) is 18.8. The van der Waals surface area contributed by atoms with Gasteiger partial charge >= 0.3 is 0 Å². The van der Waals surface area contributed by atoms with E-state index in [2.05, 4.69) is 0 Å². The van der Waals surface area contributed by atoms with Gasteiger partial charge in [-0.1, -0.05) is 6.92 Å². The lowest BCUT2D eigenvalue weighted by Crippen LogP contribution is -2.08. The number of Topliss-reactive ketones (excluding diaryl/α,β-unsaturated/α-hetero) is 1. The molecule has 0 spiro atoms. The van der Waals surface area contributed by atoms with Gasteiger partial charge in [0.2, 0.25) is 5.75 Å². The fourth-order valence-electron chi connectivity index (χ4n) is 3.14. The molecule has 0 aromatic heterocycles. The topological polar surface area (TPSA) is 96.2 Å². The van der Waals surface area contributed by atoms with Crippen molar-refractivity contribution in [3.8, 4) is 28.7 Å². The van der Waals surface area contributed by atoms with Crippen LogP contribution in [0.2, 0.25) is 0 Å². The largest absolute Gasteiger partial charge is 0.504 e. The molecule has 1 heterocycles. The van der Waals surface area contributed by atoms with E-state index in [9.17, 15) is 20.1 Å². The van der Waals surface area contributed by atoms with E-state index in [0.717, 1.165) is 0 Å². The first-order valence-corrected chi connectivity index (χ1v) is 7.48. The van der Waals surface area contributed by atoms with Crippen molar-refractivity contribution in [3.63, 3.8) is 0 Å². The van der Waals surface area contributed by atoms with Crippen molar-refractivity contribution in [1.82, 2.24) is 0 Å². The van der Waals surface area contributed by atoms with Gasteiger partial charge in [0.25, 0.3) is 0 Å². The van der Waals surface area contributed by atoms with Crippen LogP contribution in [0.3, 0.4) is 0 Å². The van der Waals surface area contributed by atoms with Crippen molar-refractivity contribution in [2.24, 2.45) is 0 Å². The Hall–Kier alpha value is -2.89. The van der Waals surface area contributed by atoms with Crippen molar-refractivity contribution < 1.29 is 29.6 Å². The number of hydrogen-bond donors (Lipinski definition) is 3. The van der Waals surface area contributed by atoms with Gasteiger partial charge in [-0.15, -0.1) is 0 Å². The predicted molar refractivity (Wildman–Crippen MR) is 86.2 cm³/mol. The standard InChI is InChI=1S/C18H18O6/c1-8-15-11(9(2)19)4-5-12(20)18(15)24-17(8)10-6-13(21)16(22)14(7-10)23-3/h4-8,17,20-22H,1-3H3/t8-,17-/m1/s1. The maximum Gasteiger partial charge on any atom is 0.200 e. The van der Waals surface area contributed by atoms with Crippen molar-refractivity contribution in [1.29, 1.82) is 0 Å². The molecule has 0 bridgehead atoms. The number of fused-ring (bicyclic) bond motifs is 1. The van der Waals surface area contributed by atoms with E-state index in [4.69, 9.17) is 9.47 Å². The maximum atomic E-state index is 11.9. The van der Waals surface area contributed by atoms with Crippen molar-refractivity contribution in [2.75, 3.05) is 7.11 Å². The Morgan fingerprint density at radius 2 is 1.88 bits per heavy atom. The summed E-state index contributed by atoms with van der Waals surface area (Å²) >= 11 is 0. The zero-order valence-electron chi connectivity index (χ0n) is 13.5. The van der Waals surface area contributed by atoms with Gasteiger partial charge in [0.15, 0.2) is 28.8 Å². The Balaban J connectivity index is 2.11. The van der Waals surface area contributed by atoms with Crippen LogP contribution in [0.4, 0.5) is 0 Å². The second kappa shape index (κ2) is 5.63. The summed E-state index contributed by atoms with van der Waals surface area (Å²) in [5.74, 6) is -0.684. The number of methoxy groups -OCH3 is 1. The minimum Gasteiger partial charge on any atom is -0.504 e. The molecule has 2 aromatic rings. The number of phenols is 3. The number of hydrogen-bond acceptors (Lipinski definition) is 6. The van der Waals surface area contributed by atoms with Crippen LogP contribution < -0.4 is 9.47 Å². The van der Waals surface area contributed by atoms with Crippen molar-refractivity contribution in [3.05, 3.63) is 41.0 Å². The van der Waals surface area contributed by atoms with Gasteiger partial charge in [0.1, 0.15) is 6.10 Å². The fraction of sp³-hybridized carbons (Fsp3) is 0.278. The highest BCUT2D eigenvalue weighted by molar-refractivity contribution is 5.97. The number of carbonyl (C=O) groups excluding carboxylic acids is 1. The highest BCUT2D eigenvalue weighted by Crippen LogP contribution is 2.52. The van der Waals surface area contributed by atoms with Crippen LogP contribution in [0.15, 0.2) is 24.3 Å². The second-order valence-electron chi connectivity index (χ2n) is 5.85. The van der Waals surface area contributed by atoms with Gasteiger partial charge in [-0.25, -0.2) is 0 Å². The summed E-state index contributed by atoms with van der Waals surface area (Å²) in [6.45, 7) is 3.33. The summed E-state index contributed by atoms with van der Waals surface area (Å²) in [5, 5.41) is 29.7. The highest BCUT2D eigenvalue weighted by Gasteiger charge is 2.37. The summed E-state index contributed by atoms with van der Waals surface area (Å²) in [5.41, 5.74) is 1.70. The quantitative estimate of drug-likeness (QED) is 0.590. The van der Waals surface area contributed by atoms with Gasteiger partial charge in [-0.2, -0.15) is 0 Å². The van der Waals surface area contributed by atoms with E-state index >= 15 is 0 Å². The summed E-state index contributed by atoms with van der Waals surface area (Å²) in [6.07, 6.45) is -0.535. The molecule has 6 nitrogen and oxygen atoms in total. The Morgan fingerprint density at radius 1 is 1.17 bits per heavy atom. The van der Waals surface area contributed by atoms with Crippen LogP contribution in [0.1, 0.15) is 47.4 Å². The number of ether oxygens (including phenoxy) is 2. The Morgan fingerprint density at radius 3 is 2.50 bits per heavy atom. The van der Waals surface area contributed by atoms with E-state index in [1.54, 1.807) is 12.1 Å². The van der Waals surface area contributed by atoms with Crippen LogP contribution in [-0.4, -0.2) is 28.2 Å². The molecule has 126 valence electrons. The second-order valence-corrected chi connectivity index (χ2v) is 5.85. The first-order chi connectivity index (χ1) is 11.3. The number of rotatable bonds is 3. The Labute approximate surface area is 138 Å². The van der Waals surface area contributed by atoms with Crippen LogP contribution in [0, 0.1) is 0 Å². The Kier molecular flexibility index (Phi) is 3.75. The molecular formula is C18H18O6. The van der Waals surface area contributed by atoms with E-state index < -0.39 is 6.10 Å². The maximum absolute atomic E-state index is 11.9. The molecule has 6 heteroatoms. The van der Waals surface area contributed by atoms with Crippen LogP contribution in [-0.2, 0) is 0 Å². The van der Waals surface area contributed by atoms with Crippen LogP contribution in [0.25, 0.3) is 0 Å².